The van der Waals surface area contributed by atoms with Gasteiger partial charge in [-0.25, -0.2) is 0 Å². The maximum atomic E-state index is 6.73. The molecule has 0 saturated heterocycles. The predicted molar refractivity (Wildman–Crippen MR) is 201 cm³/mol. The van der Waals surface area contributed by atoms with Crippen LogP contribution in [-0.4, -0.2) is 151 Å². The number of rotatable bonds is 34. The molecule has 11 heteroatoms. The minimum Gasteiger partial charge on any atom is -0.378 e. The molecular weight excluding hydrogens is 666 g/mol. The number of ether oxygens (including phenoxy) is 10. The highest BCUT2D eigenvalue weighted by Crippen LogP contribution is 2.40. The quantitative estimate of drug-likeness (QED) is 0.0633. The fourth-order valence-corrected chi connectivity index (χ4v) is 5.13. The Morgan fingerprint density at radius 2 is 0.558 bits per heavy atom. The van der Waals surface area contributed by atoms with Gasteiger partial charge in [-0.1, -0.05) is 91.0 Å². The molecule has 0 saturated carbocycles. The molecule has 0 fully saturated rings. The molecule has 0 amide bonds. The molecular formula is C41H61NO10. The summed E-state index contributed by atoms with van der Waals surface area (Å²) in [6, 6.07) is 31.0. The SMILES string of the molecule is CN(C)CCOCCOCCOCCOCCOCCOCCOCCOCCOCCOC(c1ccccc1)(c1ccccc1)c1ccccc1. The Hall–Kier alpha value is -2.78. The largest absolute Gasteiger partial charge is 0.378 e. The Morgan fingerprint density at radius 3 is 0.808 bits per heavy atom. The van der Waals surface area contributed by atoms with Gasteiger partial charge in [-0.3, -0.25) is 0 Å². The van der Waals surface area contributed by atoms with Crippen molar-refractivity contribution in [3.63, 3.8) is 0 Å². The lowest BCUT2D eigenvalue weighted by Gasteiger charge is -2.36. The Bertz CT molecular complexity index is 1110. The first kappa shape index (κ1) is 43.6. The van der Waals surface area contributed by atoms with E-state index < -0.39 is 5.60 Å². The summed E-state index contributed by atoms with van der Waals surface area (Å²) in [6.07, 6.45) is 0. The molecule has 3 rings (SSSR count). The molecule has 0 aliphatic carbocycles. The molecule has 0 unspecified atom stereocenters. The van der Waals surface area contributed by atoms with E-state index in [-0.39, 0.29) is 0 Å². The van der Waals surface area contributed by atoms with Gasteiger partial charge in [0.15, 0.2) is 0 Å². The Morgan fingerprint density at radius 1 is 0.327 bits per heavy atom. The fourth-order valence-electron chi connectivity index (χ4n) is 5.13. The van der Waals surface area contributed by atoms with Crippen LogP contribution in [0.2, 0.25) is 0 Å². The number of benzene rings is 3. The van der Waals surface area contributed by atoms with E-state index in [2.05, 4.69) is 41.3 Å². The van der Waals surface area contributed by atoms with Crippen molar-refractivity contribution < 1.29 is 47.4 Å². The van der Waals surface area contributed by atoms with Crippen LogP contribution in [0.1, 0.15) is 16.7 Å². The molecule has 3 aromatic rings. The Labute approximate surface area is 311 Å². The molecule has 11 nitrogen and oxygen atoms in total. The third-order valence-corrected chi connectivity index (χ3v) is 7.75. The second kappa shape index (κ2) is 29.6. The molecule has 0 aliphatic heterocycles. The van der Waals surface area contributed by atoms with Crippen molar-refractivity contribution in [3.05, 3.63) is 108 Å². The van der Waals surface area contributed by atoms with Gasteiger partial charge in [0.2, 0.25) is 0 Å². The summed E-state index contributed by atoms with van der Waals surface area (Å²) in [5, 5.41) is 0. The third kappa shape index (κ3) is 18.8. The summed E-state index contributed by atoms with van der Waals surface area (Å²) in [7, 11) is 4.05. The second-order valence-corrected chi connectivity index (χ2v) is 11.9. The van der Waals surface area contributed by atoms with Gasteiger partial charge in [-0.15, -0.1) is 0 Å². The minimum absolute atomic E-state index is 0.419. The third-order valence-electron chi connectivity index (χ3n) is 7.75. The van der Waals surface area contributed by atoms with Crippen molar-refractivity contribution in [1.29, 1.82) is 0 Å². The highest BCUT2D eigenvalue weighted by Gasteiger charge is 2.37. The first-order valence-corrected chi connectivity index (χ1v) is 18.4. The van der Waals surface area contributed by atoms with Crippen molar-refractivity contribution >= 4 is 0 Å². The minimum atomic E-state index is -0.748. The highest BCUT2D eigenvalue weighted by molar-refractivity contribution is 5.47. The molecule has 0 aliphatic rings. The maximum Gasteiger partial charge on any atom is 0.143 e. The van der Waals surface area contributed by atoms with E-state index >= 15 is 0 Å². The van der Waals surface area contributed by atoms with Crippen molar-refractivity contribution in [2.24, 2.45) is 0 Å². The van der Waals surface area contributed by atoms with Crippen LogP contribution in [0.25, 0.3) is 0 Å². The normalized spacial score (nSPS) is 11.8. The van der Waals surface area contributed by atoms with E-state index in [0.717, 1.165) is 23.2 Å². The van der Waals surface area contributed by atoms with Gasteiger partial charge in [0, 0.05) is 6.54 Å². The van der Waals surface area contributed by atoms with Gasteiger partial charge in [-0.2, -0.15) is 0 Å². The van der Waals surface area contributed by atoms with E-state index in [1.807, 2.05) is 68.7 Å². The van der Waals surface area contributed by atoms with E-state index in [1.165, 1.54) is 0 Å². The van der Waals surface area contributed by atoms with Crippen molar-refractivity contribution in [2.75, 3.05) is 146 Å². The average Bonchev–Trinajstić information content (AvgIpc) is 3.18. The molecule has 3 aromatic carbocycles. The summed E-state index contributed by atoms with van der Waals surface area (Å²) >= 11 is 0. The van der Waals surface area contributed by atoms with Crippen LogP contribution < -0.4 is 0 Å². The smallest absolute Gasteiger partial charge is 0.143 e. The summed E-state index contributed by atoms with van der Waals surface area (Å²) in [6.45, 7) is 10.8. The van der Waals surface area contributed by atoms with Gasteiger partial charge in [0.1, 0.15) is 5.60 Å². The van der Waals surface area contributed by atoms with Crippen LogP contribution in [-0.2, 0) is 53.0 Å². The molecule has 290 valence electrons. The van der Waals surface area contributed by atoms with E-state index in [1.54, 1.807) is 0 Å². The lowest BCUT2D eigenvalue weighted by molar-refractivity contribution is -0.0399. The van der Waals surface area contributed by atoms with Crippen LogP contribution in [0, 0.1) is 0 Å². The van der Waals surface area contributed by atoms with Gasteiger partial charge < -0.3 is 52.3 Å². The first-order valence-electron chi connectivity index (χ1n) is 18.4. The molecule has 52 heavy (non-hydrogen) atoms. The van der Waals surface area contributed by atoms with Gasteiger partial charge in [0.25, 0.3) is 0 Å². The summed E-state index contributed by atoms with van der Waals surface area (Å²) < 4.78 is 56.8. The van der Waals surface area contributed by atoms with Crippen LogP contribution in [0.5, 0.6) is 0 Å². The van der Waals surface area contributed by atoms with Crippen LogP contribution in [0.3, 0.4) is 0 Å². The zero-order valence-corrected chi connectivity index (χ0v) is 31.3. The van der Waals surface area contributed by atoms with E-state index in [0.29, 0.717) is 126 Å². The van der Waals surface area contributed by atoms with Crippen molar-refractivity contribution in [2.45, 2.75) is 5.60 Å². The fraction of sp³-hybridized carbons (Fsp3) is 0.561. The van der Waals surface area contributed by atoms with Crippen molar-refractivity contribution in [3.8, 4) is 0 Å². The first-order chi connectivity index (χ1) is 25.7. The van der Waals surface area contributed by atoms with Crippen LogP contribution >= 0.6 is 0 Å². The molecule has 0 spiro atoms. The molecule has 0 aromatic heterocycles. The molecule has 0 bridgehead atoms. The summed E-state index contributed by atoms with van der Waals surface area (Å²) in [5.74, 6) is 0. The second-order valence-electron chi connectivity index (χ2n) is 11.9. The standard InChI is InChI=1S/C41H61NO10/c1-42(2)18-19-43-20-21-44-22-23-45-24-25-46-26-27-47-28-29-48-30-31-49-32-33-50-34-35-51-36-37-52-41(38-12-6-3-7-13-38,39-14-8-4-9-15-39)40-16-10-5-11-17-40/h3-17H,18-37H2,1-2H3. The summed E-state index contributed by atoms with van der Waals surface area (Å²) in [5.41, 5.74) is 2.46. The van der Waals surface area contributed by atoms with Gasteiger partial charge in [-0.05, 0) is 30.8 Å². The highest BCUT2D eigenvalue weighted by atomic mass is 16.6. The van der Waals surface area contributed by atoms with E-state index in [4.69, 9.17) is 47.4 Å². The number of nitrogens with zero attached hydrogens (tertiary/aromatic N) is 1. The number of hydrogen-bond donors (Lipinski definition) is 0. The lowest BCUT2D eigenvalue weighted by atomic mass is 9.80. The van der Waals surface area contributed by atoms with Crippen LogP contribution in [0.15, 0.2) is 91.0 Å². The van der Waals surface area contributed by atoms with E-state index in [9.17, 15) is 0 Å². The Balaban J connectivity index is 1.09. The van der Waals surface area contributed by atoms with Crippen LogP contribution in [0.4, 0.5) is 0 Å². The number of likely N-dealkylation sites (N-methyl/N-ethyl adjacent to an activating group) is 1. The predicted octanol–water partition coefficient (Wildman–Crippen LogP) is 4.71. The van der Waals surface area contributed by atoms with Gasteiger partial charge >= 0.3 is 0 Å². The van der Waals surface area contributed by atoms with Crippen molar-refractivity contribution in [1.82, 2.24) is 4.90 Å². The average molecular weight is 728 g/mol. The monoisotopic (exact) mass is 727 g/mol. The molecule has 0 atom stereocenters. The summed E-state index contributed by atoms with van der Waals surface area (Å²) in [4.78, 5) is 2.09. The lowest BCUT2D eigenvalue weighted by Crippen LogP contribution is -2.34. The Kier molecular flexibility index (Phi) is 24.9. The molecule has 0 N–H and O–H groups in total. The van der Waals surface area contributed by atoms with Gasteiger partial charge in [0.05, 0.1) is 126 Å². The zero-order chi connectivity index (χ0) is 36.6. The zero-order valence-electron chi connectivity index (χ0n) is 31.3. The maximum absolute atomic E-state index is 6.73. The number of hydrogen-bond acceptors (Lipinski definition) is 11. The topological polar surface area (TPSA) is 95.5 Å². The molecule has 0 heterocycles. The molecule has 0 radical (unpaired) electrons.